The lowest BCUT2D eigenvalue weighted by Gasteiger charge is -2.28. The van der Waals surface area contributed by atoms with Crippen molar-refractivity contribution in [1.29, 1.82) is 0 Å². The Morgan fingerprint density at radius 2 is 2.35 bits per heavy atom. The highest BCUT2D eigenvalue weighted by Crippen LogP contribution is 2.27. The minimum atomic E-state index is -0.152. The van der Waals surface area contributed by atoms with Crippen molar-refractivity contribution in [1.82, 2.24) is 15.5 Å². The van der Waals surface area contributed by atoms with Gasteiger partial charge in [0.15, 0.2) is 0 Å². The normalized spacial score (nSPS) is 24.6. The molecule has 0 radical (unpaired) electrons. The van der Waals surface area contributed by atoms with Crippen LogP contribution in [0.15, 0.2) is 0 Å². The van der Waals surface area contributed by atoms with Crippen LogP contribution in [0.3, 0.4) is 0 Å². The molecule has 2 rings (SSSR count). The summed E-state index contributed by atoms with van der Waals surface area (Å²) in [6.45, 7) is 0. The van der Waals surface area contributed by atoms with E-state index in [1.807, 2.05) is 11.8 Å². The van der Waals surface area contributed by atoms with Gasteiger partial charge in [0, 0.05) is 11.3 Å². The van der Waals surface area contributed by atoms with Crippen LogP contribution in [0, 0.1) is 0 Å². The predicted molar refractivity (Wildman–Crippen MR) is 71.9 cm³/mol. The molecule has 0 aliphatic heterocycles. The maximum absolute atomic E-state index is 11.9. The van der Waals surface area contributed by atoms with E-state index in [9.17, 15) is 4.79 Å². The van der Waals surface area contributed by atoms with Crippen LogP contribution in [0.2, 0.25) is 4.47 Å². The van der Waals surface area contributed by atoms with Gasteiger partial charge in [-0.1, -0.05) is 17.8 Å². The second kappa shape index (κ2) is 6.02. The smallest absolute Gasteiger partial charge is 0.282 e. The Bertz CT molecular complexity index is 399. The van der Waals surface area contributed by atoms with Crippen LogP contribution >= 0.6 is 34.7 Å². The molecule has 1 aliphatic carbocycles. The first kappa shape index (κ1) is 13.1. The molecule has 1 saturated carbocycles. The molecule has 2 atom stereocenters. The lowest BCUT2D eigenvalue weighted by molar-refractivity contribution is 0.0927. The lowest BCUT2D eigenvalue weighted by Crippen LogP contribution is -2.39. The van der Waals surface area contributed by atoms with Gasteiger partial charge in [-0.3, -0.25) is 4.79 Å². The van der Waals surface area contributed by atoms with E-state index < -0.39 is 0 Å². The van der Waals surface area contributed by atoms with E-state index >= 15 is 0 Å². The molecule has 7 heteroatoms. The number of halogens is 1. The summed E-state index contributed by atoms with van der Waals surface area (Å²) in [5.41, 5.74) is 0. The maximum atomic E-state index is 11.9. The molecular formula is C10H14ClN3OS2. The summed E-state index contributed by atoms with van der Waals surface area (Å²) in [6, 6.07) is 0.261. The summed E-state index contributed by atoms with van der Waals surface area (Å²) in [5, 5.41) is 11.4. The summed E-state index contributed by atoms with van der Waals surface area (Å²) in [4.78, 5) is 11.9. The highest BCUT2D eigenvalue weighted by Gasteiger charge is 2.24. The number of rotatable bonds is 3. The SMILES string of the molecule is CSC1CCCC(NC(=O)c2nnc(Cl)s2)C1. The number of aromatic nitrogens is 2. The summed E-state index contributed by atoms with van der Waals surface area (Å²) >= 11 is 8.65. The van der Waals surface area contributed by atoms with Gasteiger partial charge < -0.3 is 5.32 Å². The summed E-state index contributed by atoms with van der Waals surface area (Å²) < 4.78 is 0.306. The molecule has 94 valence electrons. The minimum Gasteiger partial charge on any atom is -0.347 e. The van der Waals surface area contributed by atoms with Gasteiger partial charge in [0.2, 0.25) is 9.47 Å². The zero-order valence-electron chi connectivity index (χ0n) is 9.48. The fraction of sp³-hybridized carbons (Fsp3) is 0.700. The molecule has 1 fully saturated rings. The van der Waals surface area contributed by atoms with Crippen molar-refractivity contribution in [2.45, 2.75) is 37.0 Å². The number of carbonyl (C=O) groups excluding carboxylic acids is 1. The third kappa shape index (κ3) is 3.56. The van der Waals surface area contributed by atoms with Crippen molar-refractivity contribution in [3.05, 3.63) is 9.47 Å². The molecule has 1 amide bonds. The Balaban J connectivity index is 1.90. The molecular weight excluding hydrogens is 278 g/mol. The Hall–Kier alpha value is -0.330. The molecule has 4 nitrogen and oxygen atoms in total. The molecule has 1 N–H and O–H groups in total. The predicted octanol–water partition coefficient (Wildman–Crippen LogP) is 2.60. The molecule has 0 bridgehead atoms. The first-order valence-electron chi connectivity index (χ1n) is 5.51. The summed E-state index contributed by atoms with van der Waals surface area (Å²) in [7, 11) is 0. The van der Waals surface area contributed by atoms with Gasteiger partial charge >= 0.3 is 0 Å². The van der Waals surface area contributed by atoms with E-state index in [0.717, 1.165) is 24.2 Å². The van der Waals surface area contributed by atoms with Gasteiger partial charge in [0.25, 0.3) is 5.91 Å². The van der Waals surface area contributed by atoms with Crippen LogP contribution in [-0.2, 0) is 0 Å². The van der Waals surface area contributed by atoms with E-state index in [1.165, 1.54) is 12.8 Å². The van der Waals surface area contributed by atoms with Gasteiger partial charge in [0.1, 0.15) is 0 Å². The van der Waals surface area contributed by atoms with E-state index in [-0.39, 0.29) is 11.9 Å². The van der Waals surface area contributed by atoms with Crippen molar-refractivity contribution < 1.29 is 4.79 Å². The van der Waals surface area contributed by atoms with Gasteiger partial charge in [-0.25, -0.2) is 0 Å². The van der Waals surface area contributed by atoms with E-state index in [4.69, 9.17) is 11.6 Å². The van der Waals surface area contributed by atoms with E-state index in [1.54, 1.807) is 0 Å². The van der Waals surface area contributed by atoms with Crippen LogP contribution in [-0.4, -0.2) is 33.7 Å². The molecule has 0 aromatic carbocycles. The van der Waals surface area contributed by atoms with Gasteiger partial charge in [-0.15, -0.1) is 10.2 Å². The van der Waals surface area contributed by atoms with Crippen LogP contribution in [0.4, 0.5) is 0 Å². The molecule has 0 saturated heterocycles. The zero-order valence-corrected chi connectivity index (χ0v) is 11.9. The fourth-order valence-electron chi connectivity index (χ4n) is 2.03. The van der Waals surface area contributed by atoms with Crippen LogP contribution < -0.4 is 5.32 Å². The Labute approximate surface area is 114 Å². The average Bonchev–Trinajstić information content (AvgIpc) is 2.76. The number of amides is 1. The van der Waals surface area contributed by atoms with Gasteiger partial charge in [0.05, 0.1) is 0 Å². The maximum Gasteiger partial charge on any atom is 0.282 e. The number of carbonyl (C=O) groups is 1. The third-order valence-electron chi connectivity index (χ3n) is 2.89. The summed E-state index contributed by atoms with van der Waals surface area (Å²) in [6.07, 6.45) is 6.64. The second-order valence-corrected chi connectivity index (χ2v) is 6.75. The molecule has 0 spiro atoms. The third-order valence-corrected chi connectivity index (χ3v) is 5.00. The van der Waals surface area contributed by atoms with Crippen molar-refractivity contribution in [2.24, 2.45) is 0 Å². The molecule has 1 aromatic rings. The number of hydrogen-bond donors (Lipinski definition) is 1. The highest BCUT2D eigenvalue weighted by atomic mass is 35.5. The van der Waals surface area contributed by atoms with Crippen LogP contribution in [0.25, 0.3) is 0 Å². The van der Waals surface area contributed by atoms with Crippen LogP contribution in [0.1, 0.15) is 35.5 Å². The quantitative estimate of drug-likeness (QED) is 0.930. The molecule has 1 aromatic heterocycles. The van der Waals surface area contributed by atoms with Gasteiger partial charge in [-0.2, -0.15) is 11.8 Å². The van der Waals surface area contributed by atoms with Crippen molar-refractivity contribution >= 4 is 40.6 Å². The first-order chi connectivity index (χ1) is 8.19. The van der Waals surface area contributed by atoms with Crippen molar-refractivity contribution in [2.75, 3.05) is 6.26 Å². The number of thioether (sulfide) groups is 1. The fourth-order valence-corrected chi connectivity index (χ4v) is 3.59. The Morgan fingerprint density at radius 1 is 1.53 bits per heavy atom. The molecule has 1 heterocycles. The standard InChI is InChI=1S/C10H14ClN3OS2/c1-16-7-4-2-3-6(5-7)12-8(15)9-13-14-10(11)17-9/h6-7H,2-5H2,1H3,(H,12,15). The van der Waals surface area contributed by atoms with E-state index in [2.05, 4.69) is 21.8 Å². The largest absolute Gasteiger partial charge is 0.347 e. The molecule has 17 heavy (non-hydrogen) atoms. The average molecular weight is 292 g/mol. The van der Waals surface area contributed by atoms with Crippen LogP contribution in [0.5, 0.6) is 0 Å². The number of nitrogens with zero attached hydrogens (tertiary/aromatic N) is 2. The van der Waals surface area contributed by atoms with Gasteiger partial charge in [-0.05, 0) is 37.1 Å². The minimum absolute atomic E-state index is 0.152. The number of hydrogen-bond acceptors (Lipinski definition) is 5. The topological polar surface area (TPSA) is 54.9 Å². The highest BCUT2D eigenvalue weighted by molar-refractivity contribution is 7.99. The summed E-state index contributed by atoms with van der Waals surface area (Å²) in [5.74, 6) is -0.152. The Morgan fingerprint density at radius 3 is 3.00 bits per heavy atom. The Kier molecular flexibility index (Phi) is 4.64. The van der Waals surface area contributed by atoms with E-state index in [0.29, 0.717) is 14.7 Å². The van der Waals surface area contributed by atoms with Crippen molar-refractivity contribution in [3.8, 4) is 0 Å². The lowest BCUT2D eigenvalue weighted by atomic mass is 9.95. The zero-order chi connectivity index (χ0) is 12.3. The number of nitrogens with one attached hydrogen (secondary N) is 1. The molecule has 2 unspecified atom stereocenters. The first-order valence-corrected chi connectivity index (χ1v) is 8.00. The van der Waals surface area contributed by atoms with Crippen molar-refractivity contribution in [3.63, 3.8) is 0 Å². The second-order valence-electron chi connectivity index (χ2n) is 4.05. The monoisotopic (exact) mass is 291 g/mol. The molecule has 1 aliphatic rings.